The SMILES string of the molecule is COCC(CNS(=O)(=O)c1ccc(Br)c(N)c1)OC. The monoisotopic (exact) mass is 352 g/mol. The van der Waals surface area contributed by atoms with Crippen LogP contribution in [-0.4, -0.2) is 41.9 Å². The second kappa shape index (κ2) is 7.20. The van der Waals surface area contributed by atoms with Gasteiger partial charge in [-0.25, -0.2) is 13.1 Å². The zero-order valence-electron chi connectivity index (χ0n) is 10.7. The second-order valence-corrected chi connectivity index (χ2v) is 6.47. The van der Waals surface area contributed by atoms with Crippen molar-refractivity contribution in [2.75, 3.05) is 33.1 Å². The van der Waals surface area contributed by atoms with E-state index in [2.05, 4.69) is 20.7 Å². The first kappa shape index (κ1) is 16.4. The Bertz CT molecular complexity index is 521. The summed E-state index contributed by atoms with van der Waals surface area (Å²) in [6.45, 7) is 0.435. The van der Waals surface area contributed by atoms with Gasteiger partial charge < -0.3 is 15.2 Å². The molecule has 1 atom stereocenters. The van der Waals surface area contributed by atoms with Crippen LogP contribution in [0.1, 0.15) is 0 Å². The number of rotatable bonds is 7. The molecule has 0 bridgehead atoms. The van der Waals surface area contributed by atoms with Crippen LogP contribution in [0, 0.1) is 0 Å². The minimum Gasteiger partial charge on any atom is -0.398 e. The van der Waals surface area contributed by atoms with E-state index in [1.54, 1.807) is 6.07 Å². The summed E-state index contributed by atoms with van der Waals surface area (Å²) in [7, 11) is -0.590. The van der Waals surface area contributed by atoms with Crippen molar-refractivity contribution in [3.8, 4) is 0 Å². The first-order valence-electron chi connectivity index (χ1n) is 5.47. The summed E-state index contributed by atoms with van der Waals surface area (Å²) < 4.78 is 37.2. The minimum atomic E-state index is -3.61. The summed E-state index contributed by atoms with van der Waals surface area (Å²) in [5.74, 6) is 0. The number of nitrogens with two attached hydrogens (primary N) is 1. The number of sulfonamides is 1. The molecule has 3 N–H and O–H groups in total. The summed E-state index contributed by atoms with van der Waals surface area (Å²) in [6, 6.07) is 4.46. The van der Waals surface area contributed by atoms with Crippen LogP contribution in [0.4, 0.5) is 5.69 Å². The Morgan fingerprint density at radius 3 is 2.63 bits per heavy atom. The Balaban J connectivity index is 2.78. The second-order valence-electron chi connectivity index (χ2n) is 3.85. The lowest BCUT2D eigenvalue weighted by molar-refractivity contribution is 0.0320. The van der Waals surface area contributed by atoms with E-state index in [0.717, 1.165) is 0 Å². The lowest BCUT2D eigenvalue weighted by atomic mass is 10.3. The molecule has 1 rings (SSSR count). The quantitative estimate of drug-likeness (QED) is 0.713. The van der Waals surface area contributed by atoms with Crippen LogP contribution in [0.25, 0.3) is 0 Å². The predicted octanol–water partition coefficient (Wildman–Crippen LogP) is 0.971. The van der Waals surface area contributed by atoms with E-state index in [9.17, 15) is 8.42 Å². The molecule has 0 aromatic heterocycles. The Kier molecular flexibility index (Phi) is 6.21. The van der Waals surface area contributed by atoms with E-state index in [0.29, 0.717) is 16.8 Å². The summed E-state index contributed by atoms with van der Waals surface area (Å²) in [5.41, 5.74) is 6.03. The molecule has 1 unspecified atom stereocenters. The van der Waals surface area contributed by atoms with E-state index in [1.165, 1.54) is 26.4 Å². The van der Waals surface area contributed by atoms with Crippen molar-refractivity contribution in [3.05, 3.63) is 22.7 Å². The van der Waals surface area contributed by atoms with Gasteiger partial charge in [0.1, 0.15) is 0 Å². The van der Waals surface area contributed by atoms with Gasteiger partial charge in [-0.05, 0) is 34.1 Å². The first-order chi connectivity index (χ1) is 8.90. The zero-order valence-corrected chi connectivity index (χ0v) is 13.1. The third kappa shape index (κ3) is 4.73. The summed E-state index contributed by atoms with van der Waals surface area (Å²) in [6.07, 6.45) is -0.340. The summed E-state index contributed by atoms with van der Waals surface area (Å²) in [4.78, 5) is 0.112. The number of nitrogens with one attached hydrogen (secondary N) is 1. The van der Waals surface area contributed by atoms with Gasteiger partial charge in [0, 0.05) is 30.9 Å². The number of benzene rings is 1. The van der Waals surface area contributed by atoms with E-state index in [-0.39, 0.29) is 17.5 Å². The van der Waals surface area contributed by atoms with Crippen molar-refractivity contribution >= 4 is 31.6 Å². The highest BCUT2D eigenvalue weighted by Crippen LogP contribution is 2.22. The molecule has 1 aromatic rings. The van der Waals surface area contributed by atoms with Crippen molar-refractivity contribution in [1.29, 1.82) is 0 Å². The normalized spacial score (nSPS) is 13.4. The maximum atomic E-state index is 12.0. The van der Waals surface area contributed by atoms with Crippen molar-refractivity contribution in [3.63, 3.8) is 0 Å². The number of hydrogen-bond acceptors (Lipinski definition) is 5. The number of methoxy groups -OCH3 is 2. The lowest BCUT2D eigenvalue weighted by Crippen LogP contribution is -2.35. The van der Waals surface area contributed by atoms with Gasteiger partial charge in [0.05, 0.1) is 17.6 Å². The maximum Gasteiger partial charge on any atom is 0.240 e. The fourth-order valence-electron chi connectivity index (χ4n) is 1.37. The average molecular weight is 353 g/mol. The van der Waals surface area contributed by atoms with Crippen LogP contribution >= 0.6 is 15.9 Å². The van der Waals surface area contributed by atoms with Gasteiger partial charge in [0.2, 0.25) is 10.0 Å². The number of ether oxygens (including phenoxy) is 2. The smallest absolute Gasteiger partial charge is 0.240 e. The molecule has 0 aliphatic carbocycles. The lowest BCUT2D eigenvalue weighted by Gasteiger charge is -2.15. The van der Waals surface area contributed by atoms with Crippen LogP contribution in [0.5, 0.6) is 0 Å². The van der Waals surface area contributed by atoms with Crippen molar-refractivity contribution < 1.29 is 17.9 Å². The van der Waals surface area contributed by atoms with Crippen LogP contribution in [0.3, 0.4) is 0 Å². The largest absolute Gasteiger partial charge is 0.398 e. The molecule has 0 amide bonds. The van der Waals surface area contributed by atoms with Crippen LogP contribution < -0.4 is 10.5 Å². The van der Waals surface area contributed by atoms with Crippen molar-refractivity contribution in [2.45, 2.75) is 11.0 Å². The molecule has 0 saturated carbocycles. The minimum absolute atomic E-state index is 0.112. The van der Waals surface area contributed by atoms with Gasteiger partial charge in [0.15, 0.2) is 0 Å². The highest BCUT2D eigenvalue weighted by molar-refractivity contribution is 9.10. The Morgan fingerprint density at radius 2 is 2.11 bits per heavy atom. The molecule has 0 spiro atoms. The molecule has 8 heteroatoms. The van der Waals surface area contributed by atoms with Gasteiger partial charge in [-0.1, -0.05) is 0 Å². The average Bonchev–Trinajstić information content (AvgIpc) is 2.37. The highest BCUT2D eigenvalue weighted by atomic mass is 79.9. The molecule has 0 heterocycles. The molecule has 108 valence electrons. The van der Waals surface area contributed by atoms with Gasteiger partial charge >= 0.3 is 0 Å². The number of nitrogen functional groups attached to an aromatic ring is 1. The Hall–Kier alpha value is -0.670. The topological polar surface area (TPSA) is 90.7 Å². The van der Waals surface area contributed by atoms with Crippen LogP contribution in [-0.2, 0) is 19.5 Å². The summed E-state index contributed by atoms with van der Waals surface area (Å²) in [5, 5.41) is 0. The molecule has 0 aliphatic heterocycles. The fraction of sp³-hybridized carbons (Fsp3) is 0.455. The summed E-state index contributed by atoms with van der Waals surface area (Å²) >= 11 is 3.21. The number of hydrogen-bond donors (Lipinski definition) is 2. The third-order valence-electron chi connectivity index (χ3n) is 2.46. The van der Waals surface area contributed by atoms with Gasteiger partial charge in [-0.15, -0.1) is 0 Å². The van der Waals surface area contributed by atoms with E-state index in [1.807, 2.05) is 0 Å². The molecule has 0 fully saturated rings. The zero-order chi connectivity index (χ0) is 14.5. The van der Waals surface area contributed by atoms with Crippen molar-refractivity contribution in [2.24, 2.45) is 0 Å². The molecule has 0 saturated heterocycles. The fourth-order valence-corrected chi connectivity index (χ4v) is 2.72. The van der Waals surface area contributed by atoms with Gasteiger partial charge in [-0.2, -0.15) is 0 Å². The molecule has 1 aromatic carbocycles. The molecule has 0 aliphatic rings. The Morgan fingerprint density at radius 1 is 1.42 bits per heavy atom. The third-order valence-corrected chi connectivity index (χ3v) is 4.61. The van der Waals surface area contributed by atoms with Crippen LogP contribution in [0.2, 0.25) is 0 Å². The van der Waals surface area contributed by atoms with Crippen molar-refractivity contribution in [1.82, 2.24) is 4.72 Å². The van der Waals surface area contributed by atoms with E-state index >= 15 is 0 Å². The van der Waals surface area contributed by atoms with Gasteiger partial charge in [0.25, 0.3) is 0 Å². The molecule has 19 heavy (non-hydrogen) atoms. The predicted molar refractivity (Wildman–Crippen MR) is 76.4 cm³/mol. The number of halogens is 1. The standard InChI is InChI=1S/C11H17BrN2O4S/c1-17-7-8(18-2)6-14-19(15,16)9-3-4-10(12)11(13)5-9/h3-5,8,14H,6-7,13H2,1-2H3. The van der Waals surface area contributed by atoms with Gasteiger partial charge in [-0.3, -0.25) is 0 Å². The molecule has 6 nitrogen and oxygen atoms in total. The molecular formula is C11H17BrN2O4S. The highest BCUT2D eigenvalue weighted by Gasteiger charge is 2.17. The van der Waals surface area contributed by atoms with Crippen LogP contribution in [0.15, 0.2) is 27.6 Å². The Labute approximate surface area is 121 Å². The molecular weight excluding hydrogens is 336 g/mol. The molecule has 0 radical (unpaired) electrons. The van der Waals surface area contributed by atoms with E-state index < -0.39 is 10.0 Å². The first-order valence-corrected chi connectivity index (χ1v) is 7.74. The maximum absolute atomic E-state index is 12.0. The van der Waals surface area contributed by atoms with E-state index in [4.69, 9.17) is 15.2 Å². The number of anilines is 1.